The van der Waals surface area contributed by atoms with E-state index < -0.39 is 0 Å². The molecule has 1 aliphatic rings. The van der Waals surface area contributed by atoms with Crippen LogP contribution in [0.2, 0.25) is 0 Å². The summed E-state index contributed by atoms with van der Waals surface area (Å²) >= 11 is 1.25. The second kappa shape index (κ2) is 7.25. The molecule has 1 aliphatic heterocycles. The Labute approximate surface area is 160 Å². The van der Waals surface area contributed by atoms with Crippen LogP contribution in [-0.4, -0.2) is 28.2 Å². The van der Waals surface area contributed by atoms with Gasteiger partial charge in [0.2, 0.25) is 0 Å². The van der Waals surface area contributed by atoms with Crippen LogP contribution in [0.3, 0.4) is 0 Å². The first-order chi connectivity index (χ1) is 13.0. The summed E-state index contributed by atoms with van der Waals surface area (Å²) in [6.45, 7) is 5.03. The number of fused-ring (bicyclic) bond motifs is 1. The number of anilines is 1. The van der Waals surface area contributed by atoms with Crippen molar-refractivity contribution in [1.29, 1.82) is 0 Å². The van der Waals surface area contributed by atoms with Crippen LogP contribution in [0.25, 0.3) is 10.2 Å². The summed E-state index contributed by atoms with van der Waals surface area (Å²) in [4.78, 5) is 31.2. The molecule has 1 N–H and O–H groups in total. The van der Waals surface area contributed by atoms with Gasteiger partial charge in [0.05, 0.1) is 29.2 Å². The third-order valence-electron chi connectivity index (χ3n) is 4.82. The summed E-state index contributed by atoms with van der Waals surface area (Å²) in [5.74, 6) is -0.217. The van der Waals surface area contributed by atoms with Crippen molar-refractivity contribution < 1.29 is 9.53 Å². The second-order valence-corrected chi connectivity index (χ2v) is 7.90. The zero-order valence-electron chi connectivity index (χ0n) is 15.3. The zero-order valence-corrected chi connectivity index (χ0v) is 16.1. The molecule has 2 aromatic heterocycles. The highest BCUT2D eigenvalue weighted by Gasteiger charge is 2.22. The van der Waals surface area contributed by atoms with Gasteiger partial charge in [-0.2, -0.15) is 0 Å². The van der Waals surface area contributed by atoms with Gasteiger partial charge in [-0.3, -0.25) is 14.2 Å². The fourth-order valence-electron chi connectivity index (χ4n) is 3.42. The number of rotatable bonds is 4. The second-order valence-electron chi connectivity index (χ2n) is 6.90. The molecule has 0 radical (unpaired) electrons. The lowest BCUT2D eigenvalue weighted by atomic mass is 10.2. The molecule has 1 fully saturated rings. The Kier molecular flexibility index (Phi) is 4.80. The monoisotopic (exact) mass is 383 g/mol. The van der Waals surface area contributed by atoms with Gasteiger partial charge >= 0.3 is 0 Å². The summed E-state index contributed by atoms with van der Waals surface area (Å²) in [6, 6.07) is 7.63. The molecule has 4 rings (SSSR count). The maximum Gasteiger partial charge on any atom is 0.266 e. The molecule has 1 unspecified atom stereocenters. The molecule has 140 valence electrons. The van der Waals surface area contributed by atoms with E-state index in [0.717, 1.165) is 30.7 Å². The molecule has 1 aromatic carbocycles. The van der Waals surface area contributed by atoms with Crippen molar-refractivity contribution >= 4 is 33.1 Å². The van der Waals surface area contributed by atoms with Crippen LogP contribution >= 0.6 is 11.3 Å². The number of thiophene rings is 1. The number of aryl methyl sites for hydroxylation is 2. The van der Waals surface area contributed by atoms with E-state index in [1.807, 2.05) is 38.1 Å². The van der Waals surface area contributed by atoms with Crippen molar-refractivity contribution in [1.82, 2.24) is 9.55 Å². The van der Waals surface area contributed by atoms with Gasteiger partial charge in [0, 0.05) is 12.3 Å². The molecule has 0 spiro atoms. The summed E-state index contributed by atoms with van der Waals surface area (Å²) < 4.78 is 7.22. The highest BCUT2D eigenvalue weighted by molar-refractivity contribution is 7.20. The number of nitrogens with one attached hydrogen (secondary N) is 1. The first-order valence-electron chi connectivity index (χ1n) is 9.01. The zero-order chi connectivity index (χ0) is 19.0. The SMILES string of the molecule is Cc1cccc(NC(=O)c2sc3ncn(CC4CCCO4)c(=O)c3c2C)c1. The number of ether oxygens (including phenoxy) is 1. The third kappa shape index (κ3) is 3.52. The van der Waals surface area contributed by atoms with Crippen LogP contribution in [0.15, 0.2) is 35.4 Å². The Balaban J connectivity index is 1.66. The normalized spacial score (nSPS) is 16.7. The standard InChI is InChI=1S/C20H21N3O3S/c1-12-5-3-6-14(9-12)22-18(24)17-13(2)16-19(27-17)21-11-23(20(16)25)10-15-7-4-8-26-15/h3,5-6,9,11,15H,4,7-8,10H2,1-2H3,(H,22,24). The quantitative estimate of drug-likeness (QED) is 0.748. The minimum absolute atomic E-state index is 0.0602. The number of nitrogens with zero attached hydrogens (tertiary/aromatic N) is 2. The average molecular weight is 383 g/mol. The first-order valence-corrected chi connectivity index (χ1v) is 9.83. The van der Waals surface area contributed by atoms with E-state index in [-0.39, 0.29) is 17.6 Å². The molecule has 1 atom stereocenters. The van der Waals surface area contributed by atoms with Crippen molar-refractivity contribution in [3.8, 4) is 0 Å². The molecule has 1 amide bonds. The first kappa shape index (κ1) is 17.9. The van der Waals surface area contributed by atoms with Crippen molar-refractivity contribution in [2.45, 2.75) is 39.3 Å². The molecule has 0 aliphatic carbocycles. The average Bonchev–Trinajstić information content (AvgIpc) is 3.25. The molecule has 6 nitrogen and oxygen atoms in total. The molecule has 1 saturated heterocycles. The Morgan fingerprint density at radius 2 is 2.26 bits per heavy atom. The van der Waals surface area contributed by atoms with E-state index in [4.69, 9.17) is 4.74 Å². The minimum atomic E-state index is -0.217. The fraction of sp³-hybridized carbons (Fsp3) is 0.350. The Morgan fingerprint density at radius 1 is 1.41 bits per heavy atom. The molecular formula is C20H21N3O3S. The molecule has 27 heavy (non-hydrogen) atoms. The van der Waals surface area contributed by atoms with E-state index >= 15 is 0 Å². The van der Waals surface area contributed by atoms with Gasteiger partial charge in [0.15, 0.2) is 0 Å². The predicted molar refractivity (Wildman–Crippen MR) is 107 cm³/mol. The number of hydrogen-bond donors (Lipinski definition) is 1. The van der Waals surface area contributed by atoms with Gasteiger partial charge in [-0.15, -0.1) is 11.3 Å². The number of carbonyl (C=O) groups is 1. The van der Waals surface area contributed by atoms with Crippen LogP contribution in [-0.2, 0) is 11.3 Å². The summed E-state index contributed by atoms with van der Waals surface area (Å²) in [5.41, 5.74) is 2.37. The number of hydrogen-bond acceptors (Lipinski definition) is 5. The van der Waals surface area contributed by atoms with Gasteiger partial charge in [-0.1, -0.05) is 12.1 Å². The van der Waals surface area contributed by atoms with Gasteiger partial charge < -0.3 is 10.1 Å². The summed E-state index contributed by atoms with van der Waals surface area (Å²) in [5, 5.41) is 3.43. The van der Waals surface area contributed by atoms with Crippen LogP contribution in [0.5, 0.6) is 0 Å². The highest BCUT2D eigenvalue weighted by atomic mass is 32.1. The van der Waals surface area contributed by atoms with Gasteiger partial charge in [0.1, 0.15) is 4.83 Å². The van der Waals surface area contributed by atoms with Gasteiger partial charge in [-0.05, 0) is 49.9 Å². The Hall–Kier alpha value is -2.51. The van der Waals surface area contributed by atoms with Crippen LogP contribution in [0.4, 0.5) is 5.69 Å². The summed E-state index contributed by atoms with van der Waals surface area (Å²) in [7, 11) is 0. The number of aromatic nitrogens is 2. The topological polar surface area (TPSA) is 73.2 Å². The largest absolute Gasteiger partial charge is 0.376 e. The smallest absolute Gasteiger partial charge is 0.266 e. The van der Waals surface area contributed by atoms with E-state index in [1.165, 1.54) is 11.3 Å². The lowest BCUT2D eigenvalue weighted by Gasteiger charge is -2.11. The number of carbonyl (C=O) groups excluding carboxylic acids is 1. The van der Waals surface area contributed by atoms with Crippen molar-refractivity contribution in [2.75, 3.05) is 11.9 Å². The molecule has 3 aromatic rings. The van der Waals surface area contributed by atoms with Crippen LogP contribution in [0, 0.1) is 13.8 Å². The van der Waals surface area contributed by atoms with Crippen molar-refractivity contribution in [3.05, 3.63) is 57.0 Å². The third-order valence-corrected chi connectivity index (χ3v) is 6.02. The van der Waals surface area contributed by atoms with E-state index in [9.17, 15) is 9.59 Å². The van der Waals surface area contributed by atoms with Crippen molar-refractivity contribution in [3.63, 3.8) is 0 Å². The van der Waals surface area contributed by atoms with Crippen LogP contribution in [0.1, 0.15) is 33.6 Å². The minimum Gasteiger partial charge on any atom is -0.376 e. The Bertz CT molecular complexity index is 1060. The molecular weight excluding hydrogens is 362 g/mol. The Morgan fingerprint density at radius 3 is 3.00 bits per heavy atom. The lowest BCUT2D eigenvalue weighted by molar-refractivity contribution is 0.0960. The number of amides is 1. The number of benzene rings is 1. The molecule has 0 saturated carbocycles. The van der Waals surface area contributed by atoms with Gasteiger partial charge in [-0.25, -0.2) is 4.98 Å². The maximum atomic E-state index is 12.9. The fourth-order valence-corrected chi connectivity index (χ4v) is 4.46. The van der Waals surface area contributed by atoms with E-state index in [2.05, 4.69) is 10.3 Å². The molecule has 0 bridgehead atoms. The molecule has 7 heteroatoms. The van der Waals surface area contributed by atoms with E-state index in [0.29, 0.717) is 27.2 Å². The predicted octanol–water partition coefficient (Wildman–Crippen LogP) is 3.51. The molecule has 3 heterocycles. The maximum absolute atomic E-state index is 12.9. The lowest BCUT2D eigenvalue weighted by Crippen LogP contribution is -2.26. The highest BCUT2D eigenvalue weighted by Crippen LogP contribution is 2.28. The van der Waals surface area contributed by atoms with Crippen molar-refractivity contribution in [2.24, 2.45) is 0 Å². The van der Waals surface area contributed by atoms with Crippen LogP contribution < -0.4 is 10.9 Å². The van der Waals surface area contributed by atoms with Gasteiger partial charge in [0.25, 0.3) is 11.5 Å². The summed E-state index contributed by atoms with van der Waals surface area (Å²) in [6.07, 6.45) is 3.60. The van der Waals surface area contributed by atoms with E-state index in [1.54, 1.807) is 10.9 Å².